The maximum atomic E-state index is 11.7. The van der Waals surface area contributed by atoms with Gasteiger partial charge >= 0.3 is 0 Å². The smallest absolute Gasteiger partial charge is 0.248 e. The molecule has 16 heavy (non-hydrogen) atoms. The molecule has 0 unspecified atom stereocenters. The Labute approximate surface area is 96.2 Å². The largest absolute Gasteiger partial charge is 0.272 e. The third-order valence-corrected chi connectivity index (χ3v) is 3.88. The van der Waals surface area contributed by atoms with E-state index < -0.39 is 15.8 Å². The molecule has 0 bridgehead atoms. The van der Waals surface area contributed by atoms with Gasteiger partial charge in [0.25, 0.3) is 0 Å². The fraction of sp³-hybridized carbons (Fsp3) is 0.364. The van der Waals surface area contributed by atoms with Gasteiger partial charge in [-0.05, 0) is 25.5 Å². The molecule has 1 rings (SSSR count). The quantitative estimate of drug-likeness (QED) is 0.803. The van der Waals surface area contributed by atoms with Crippen LogP contribution in [0.4, 0.5) is 5.69 Å². The number of hydrogen-bond acceptors (Lipinski definition) is 3. The number of nitriles is 1. The van der Waals surface area contributed by atoms with E-state index in [4.69, 9.17) is 5.26 Å². The molecular weight excluding hydrogens is 224 g/mol. The van der Waals surface area contributed by atoms with E-state index in [0.717, 1.165) is 15.4 Å². The van der Waals surface area contributed by atoms with Crippen LogP contribution in [0.3, 0.4) is 0 Å². The van der Waals surface area contributed by atoms with Crippen LogP contribution in [0.25, 0.3) is 0 Å². The second kappa shape index (κ2) is 4.54. The molecular formula is C11H14N2O2S. The molecule has 0 heterocycles. The van der Waals surface area contributed by atoms with Crippen LogP contribution in [0.1, 0.15) is 11.1 Å². The number of benzene rings is 1. The molecule has 5 heteroatoms. The number of sulfonamides is 1. The zero-order valence-electron chi connectivity index (χ0n) is 9.56. The van der Waals surface area contributed by atoms with Crippen LogP contribution >= 0.6 is 0 Å². The van der Waals surface area contributed by atoms with Gasteiger partial charge in [0.15, 0.2) is 5.75 Å². The first-order valence-corrected chi connectivity index (χ1v) is 6.40. The fourth-order valence-corrected chi connectivity index (χ4v) is 2.35. The van der Waals surface area contributed by atoms with Crippen molar-refractivity contribution in [2.45, 2.75) is 13.8 Å². The summed E-state index contributed by atoms with van der Waals surface area (Å²) >= 11 is 0. The van der Waals surface area contributed by atoms with E-state index >= 15 is 0 Å². The fourth-order valence-electron chi connectivity index (χ4n) is 1.49. The van der Waals surface area contributed by atoms with Gasteiger partial charge in [0, 0.05) is 7.05 Å². The second-order valence-corrected chi connectivity index (χ2v) is 5.67. The average Bonchev–Trinajstić information content (AvgIpc) is 2.16. The lowest BCUT2D eigenvalue weighted by Crippen LogP contribution is -2.29. The van der Waals surface area contributed by atoms with E-state index in [0.29, 0.717) is 5.69 Å². The summed E-state index contributed by atoms with van der Waals surface area (Å²) in [7, 11) is -2.06. The predicted molar refractivity (Wildman–Crippen MR) is 63.7 cm³/mol. The van der Waals surface area contributed by atoms with Crippen LogP contribution in [-0.4, -0.2) is 21.2 Å². The minimum atomic E-state index is -3.53. The molecule has 0 saturated heterocycles. The minimum Gasteiger partial charge on any atom is -0.272 e. The van der Waals surface area contributed by atoms with Crippen molar-refractivity contribution in [3.05, 3.63) is 29.3 Å². The highest BCUT2D eigenvalue weighted by Crippen LogP contribution is 2.22. The minimum absolute atomic E-state index is 0.503. The van der Waals surface area contributed by atoms with Crippen molar-refractivity contribution >= 4 is 15.7 Å². The van der Waals surface area contributed by atoms with Gasteiger partial charge in [-0.15, -0.1) is 0 Å². The van der Waals surface area contributed by atoms with Gasteiger partial charge in [-0.3, -0.25) is 4.31 Å². The lowest BCUT2D eigenvalue weighted by Gasteiger charge is -2.20. The Morgan fingerprint density at radius 2 is 2.00 bits per heavy atom. The average molecular weight is 238 g/mol. The van der Waals surface area contributed by atoms with E-state index in [1.807, 2.05) is 26.0 Å². The summed E-state index contributed by atoms with van der Waals surface area (Å²) in [5, 5.41) is 8.46. The van der Waals surface area contributed by atoms with Gasteiger partial charge in [0.1, 0.15) is 0 Å². The van der Waals surface area contributed by atoms with Crippen molar-refractivity contribution in [2.24, 2.45) is 0 Å². The van der Waals surface area contributed by atoms with Crippen molar-refractivity contribution < 1.29 is 8.42 Å². The molecule has 0 amide bonds. The second-order valence-electron chi connectivity index (χ2n) is 3.67. The molecule has 0 spiro atoms. The number of hydrogen-bond donors (Lipinski definition) is 0. The summed E-state index contributed by atoms with van der Waals surface area (Å²) in [5.41, 5.74) is 2.57. The Morgan fingerprint density at radius 3 is 2.50 bits per heavy atom. The molecule has 0 fully saturated rings. The number of anilines is 1. The molecule has 0 aliphatic rings. The van der Waals surface area contributed by atoms with Crippen molar-refractivity contribution in [2.75, 3.05) is 17.1 Å². The van der Waals surface area contributed by atoms with Crippen molar-refractivity contribution in [1.29, 1.82) is 5.26 Å². The lowest BCUT2D eigenvalue weighted by molar-refractivity contribution is 0.597. The van der Waals surface area contributed by atoms with Crippen molar-refractivity contribution in [1.82, 2.24) is 0 Å². The van der Waals surface area contributed by atoms with Crippen LogP contribution in [-0.2, 0) is 10.0 Å². The van der Waals surface area contributed by atoms with Crippen molar-refractivity contribution in [3.8, 4) is 6.07 Å². The molecule has 4 nitrogen and oxygen atoms in total. The van der Waals surface area contributed by atoms with E-state index in [-0.39, 0.29) is 0 Å². The summed E-state index contributed by atoms with van der Waals surface area (Å²) in [4.78, 5) is 0. The van der Waals surface area contributed by atoms with Crippen LogP contribution in [0.15, 0.2) is 18.2 Å². The maximum Gasteiger partial charge on any atom is 0.248 e. The van der Waals surface area contributed by atoms with Crippen LogP contribution < -0.4 is 4.31 Å². The Balaban J connectivity index is 3.16. The first-order valence-electron chi connectivity index (χ1n) is 4.79. The standard InChI is InChI=1S/C11H14N2O2S/c1-9-4-5-11(10(2)8-9)13(3)16(14,15)7-6-12/h4-5,8H,7H2,1-3H3. The monoisotopic (exact) mass is 238 g/mol. The van der Waals surface area contributed by atoms with Gasteiger partial charge in [-0.1, -0.05) is 17.7 Å². The molecule has 1 aromatic rings. The summed E-state index contributed by atoms with van der Waals surface area (Å²) in [6.07, 6.45) is 0. The zero-order chi connectivity index (χ0) is 12.3. The highest BCUT2D eigenvalue weighted by atomic mass is 32.2. The molecule has 0 saturated carbocycles. The summed E-state index contributed by atoms with van der Waals surface area (Å²) < 4.78 is 24.5. The first kappa shape index (κ1) is 12.5. The first-order chi connectivity index (χ1) is 7.38. The Bertz CT molecular complexity index is 529. The topological polar surface area (TPSA) is 61.2 Å². The van der Waals surface area contributed by atoms with Gasteiger partial charge in [0.2, 0.25) is 10.0 Å². The molecule has 0 aliphatic carbocycles. The summed E-state index contributed by atoms with van der Waals surface area (Å²) in [6.45, 7) is 3.79. The molecule has 0 aromatic heterocycles. The SMILES string of the molecule is Cc1ccc(N(C)S(=O)(=O)CC#N)c(C)c1. The van der Waals surface area contributed by atoms with E-state index in [9.17, 15) is 8.42 Å². The number of aryl methyl sites for hydroxylation is 2. The number of rotatable bonds is 3. The van der Waals surface area contributed by atoms with Crippen LogP contribution in [0.2, 0.25) is 0 Å². The molecule has 1 aromatic carbocycles. The Kier molecular flexibility index (Phi) is 3.55. The van der Waals surface area contributed by atoms with Crippen LogP contribution in [0.5, 0.6) is 0 Å². The highest BCUT2D eigenvalue weighted by Gasteiger charge is 2.19. The maximum absolute atomic E-state index is 11.7. The van der Waals surface area contributed by atoms with Crippen molar-refractivity contribution in [3.63, 3.8) is 0 Å². The molecule has 0 N–H and O–H groups in total. The van der Waals surface area contributed by atoms with Gasteiger partial charge in [0.05, 0.1) is 11.8 Å². The lowest BCUT2D eigenvalue weighted by atomic mass is 10.1. The molecule has 0 atom stereocenters. The Morgan fingerprint density at radius 1 is 1.38 bits per heavy atom. The van der Waals surface area contributed by atoms with E-state index in [2.05, 4.69) is 0 Å². The molecule has 86 valence electrons. The molecule has 0 radical (unpaired) electrons. The third kappa shape index (κ3) is 2.52. The predicted octanol–water partition coefficient (Wildman–Crippen LogP) is 1.59. The Hall–Kier alpha value is -1.54. The van der Waals surface area contributed by atoms with E-state index in [1.165, 1.54) is 7.05 Å². The zero-order valence-corrected chi connectivity index (χ0v) is 10.4. The third-order valence-electron chi connectivity index (χ3n) is 2.36. The summed E-state index contributed by atoms with van der Waals surface area (Å²) in [6, 6.07) is 7.17. The van der Waals surface area contributed by atoms with Gasteiger partial charge < -0.3 is 0 Å². The van der Waals surface area contributed by atoms with Crippen LogP contribution in [0, 0.1) is 25.2 Å². The normalized spacial score (nSPS) is 10.9. The van der Waals surface area contributed by atoms with Gasteiger partial charge in [-0.2, -0.15) is 5.26 Å². The summed E-state index contributed by atoms with van der Waals surface area (Å²) in [5.74, 6) is -0.503. The highest BCUT2D eigenvalue weighted by molar-refractivity contribution is 7.92. The number of nitrogens with zero attached hydrogens (tertiary/aromatic N) is 2. The van der Waals surface area contributed by atoms with E-state index in [1.54, 1.807) is 12.1 Å². The van der Waals surface area contributed by atoms with Gasteiger partial charge in [-0.25, -0.2) is 8.42 Å². The molecule has 0 aliphatic heterocycles.